The van der Waals surface area contributed by atoms with E-state index < -0.39 is 10.0 Å². The number of hydrogen-bond acceptors (Lipinski definition) is 7. The fourth-order valence-corrected chi connectivity index (χ4v) is 5.64. The maximum Gasteiger partial charge on any atom is 0.246 e. The van der Waals surface area contributed by atoms with Crippen molar-refractivity contribution in [3.63, 3.8) is 0 Å². The van der Waals surface area contributed by atoms with Gasteiger partial charge in [0, 0.05) is 51.0 Å². The Morgan fingerprint density at radius 3 is 2.30 bits per heavy atom. The number of piperazine rings is 1. The Morgan fingerprint density at radius 1 is 0.900 bits per heavy atom. The van der Waals surface area contributed by atoms with Gasteiger partial charge >= 0.3 is 0 Å². The van der Waals surface area contributed by atoms with Crippen LogP contribution in [0.1, 0.15) is 25.0 Å². The number of piperidine rings is 1. The van der Waals surface area contributed by atoms with Crippen LogP contribution in [-0.4, -0.2) is 69.1 Å². The number of anilines is 2. The molecule has 4 rings (SSSR count). The zero-order valence-electron chi connectivity index (χ0n) is 17.6. The van der Waals surface area contributed by atoms with Crippen molar-refractivity contribution in [1.29, 1.82) is 0 Å². The van der Waals surface area contributed by atoms with Crippen LogP contribution in [0, 0.1) is 6.92 Å². The molecule has 0 amide bonds. The van der Waals surface area contributed by atoms with Crippen molar-refractivity contribution in [1.82, 2.24) is 14.3 Å². The van der Waals surface area contributed by atoms with Gasteiger partial charge in [-0.25, -0.2) is 13.4 Å². The number of sulfonamides is 1. The number of hydrogen-bond donors (Lipinski definition) is 0. The van der Waals surface area contributed by atoms with E-state index in [1.807, 2.05) is 13.0 Å². The first-order valence-corrected chi connectivity index (χ1v) is 11.9. The SMILES string of the molecule is COc1ccccc1S(=O)(=O)N1CCN(c2cc(C)nc(N3CCCCC3)n2)CC1. The van der Waals surface area contributed by atoms with Gasteiger partial charge in [0.25, 0.3) is 0 Å². The smallest absolute Gasteiger partial charge is 0.246 e. The number of ether oxygens (including phenoxy) is 1. The van der Waals surface area contributed by atoms with E-state index in [0.717, 1.165) is 30.5 Å². The fraction of sp³-hybridized carbons (Fsp3) is 0.524. The third kappa shape index (κ3) is 4.22. The van der Waals surface area contributed by atoms with E-state index in [1.54, 1.807) is 24.3 Å². The van der Waals surface area contributed by atoms with Gasteiger partial charge < -0.3 is 14.5 Å². The van der Waals surface area contributed by atoms with Crippen LogP contribution in [0.3, 0.4) is 0 Å². The highest BCUT2D eigenvalue weighted by molar-refractivity contribution is 7.89. The average Bonchev–Trinajstić information content (AvgIpc) is 2.79. The number of benzene rings is 1. The zero-order chi connectivity index (χ0) is 21.1. The molecule has 2 aliphatic rings. The normalized spacial score (nSPS) is 18.5. The third-order valence-electron chi connectivity index (χ3n) is 5.72. The van der Waals surface area contributed by atoms with E-state index in [2.05, 4.69) is 14.8 Å². The van der Waals surface area contributed by atoms with Crippen LogP contribution in [0.25, 0.3) is 0 Å². The summed E-state index contributed by atoms with van der Waals surface area (Å²) >= 11 is 0. The molecule has 2 fully saturated rings. The summed E-state index contributed by atoms with van der Waals surface area (Å²) in [5.41, 5.74) is 0.935. The van der Waals surface area contributed by atoms with Gasteiger partial charge in [-0.2, -0.15) is 9.29 Å². The summed E-state index contributed by atoms with van der Waals surface area (Å²) in [7, 11) is -2.11. The number of nitrogens with zero attached hydrogens (tertiary/aromatic N) is 5. The van der Waals surface area contributed by atoms with E-state index in [9.17, 15) is 8.42 Å². The topological polar surface area (TPSA) is 78.9 Å². The minimum Gasteiger partial charge on any atom is -0.495 e. The molecule has 2 aromatic rings. The second kappa shape index (κ2) is 8.77. The summed E-state index contributed by atoms with van der Waals surface area (Å²) < 4.78 is 33.0. The van der Waals surface area contributed by atoms with Crippen molar-refractivity contribution in [2.75, 3.05) is 56.2 Å². The summed E-state index contributed by atoms with van der Waals surface area (Å²) in [6.45, 7) is 5.96. The van der Waals surface area contributed by atoms with E-state index in [1.165, 1.54) is 30.7 Å². The molecule has 0 aliphatic carbocycles. The molecule has 2 saturated heterocycles. The number of aromatic nitrogens is 2. The Labute approximate surface area is 178 Å². The predicted octanol–water partition coefficient (Wildman–Crippen LogP) is 2.29. The number of methoxy groups -OCH3 is 1. The highest BCUT2D eigenvalue weighted by Gasteiger charge is 2.31. The van der Waals surface area contributed by atoms with Gasteiger partial charge in [-0.05, 0) is 38.3 Å². The molecule has 1 aromatic carbocycles. The standard InChI is InChI=1S/C21H29N5O3S/c1-17-16-20(23-21(22-17)25-10-6-3-7-11-25)24-12-14-26(15-13-24)30(27,28)19-9-5-4-8-18(19)29-2/h4-5,8-9,16H,3,6-7,10-15H2,1-2H3. The first kappa shape index (κ1) is 20.9. The summed E-state index contributed by atoms with van der Waals surface area (Å²) in [5.74, 6) is 2.03. The van der Waals surface area contributed by atoms with Crippen molar-refractivity contribution in [3.05, 3.63) is 36.0 Å². The highest BCUT2D eigenvalue weighted by atomic mass is 32.2. The molecule has 0 saturated carbocycles. The molecule has 1 aromatic heterocycles. The Bertz CT molecular complexity index is 984. The van der Waals surface area contributed by atoms with E-state index >= 15 is 0 Å². The van der Waals surface area contributed by atoms with Gasteiger partial charge in [-0.1, -0.05) is 12.1 Å². The zero-order valence-corrected chi connectivity index (χ0v) is 18.4. The molecule has 3 heterocycles. The Kier molecular flexibility index (Phi) is 6.10. The molecular weight excluding hydrogens is 402 g/mol. The van der Waals surface area contributed by atoms with E-state index in [4.69, 9.17) is 9.72 Å². The second-order valence-electron chi connectivity index (χ2n) is 7.76. The molecule has 0 unspecified atom stereocenters. The molecular formula is C21H29N5O3S. The lowest BCUT2D eigenvalue weighted by atomic mass is 10.1. The largest absolute Gasteiger partial charge is 0.495 e. The number of rotatable bonds is 5. The van der Waals surface area contributed by atoms with Crippen LogP contribution in [0.4, 0.5) is 11.8 Å². The van der Waals surface area contributed by atoms with Gasteiger partial charge in [-0.3, -0.25) is 0 Å². The quantitative estimate of drug-likeness (QED) is 0.719. The van der Waals surface area contributed by atoms with Crippen molar-refractivity contribution in [2.24, 2.45) is 0 Å². The van der Waals surface area contributed by atoms with Crippen molar-refractivity contribution in [3.8, 4) is 5.75 Å². The molecule has 0 bridgehead atoms. The highest BCUT2D eigenvalue weighted by Crippen LogP contribution is 2.28. The van der Waals surface area contributed by atoms with E-state index in [-0.39, 0.29) is 4.90 Å². The molecule has 162 valence electrons. The maximum absolute atomic E-state index is 13.1. The van der Waals surface area contributed by atoms with Gasteiger partial charge in [0.15, 0.2) is 0 Å². The van der Waals surface area contributed by atoms with Crippen LogP contribution in [0.2, 0.25) is 0 Å². The van der Waals surface area contributed by atoms with Crippen molar-refractivity contribution >= 4 is 21.8 Å². The van der Waals surface area contributed by atoms with E-state index in [0.29, 0.717) is 31.9 Å². The molecule has 0 N–H and O–H groups in total. The average molecular weight is 432 g/mol. The lowest BCUT2D eigenvalue weighted by molar-refractivity contribution is 0.373. The maximum atomic E-state index is 13.1. The van der Waals surface area contributed by atoms with Crippen molar-refractivity contribution < 1.29 is 13.2 Å². The number of para-hydroxylation sites is 1. The van der Waals surface area contributed by atoms with Crippen LogP contribution in [0.5, 0.6) is 5.75 Å². The molecule has 9 heteroatoms. The molecule has 2 aliphatic heterocycles. The Balaban J connectivity index is 1.49. The minimum atomic E-state index is -3.60. The minimum absolute atomic E-state index is 0.214. The first-order chi connectivity index (χ1) is 14.5. The van der Waals surface area contributed by atoms with Crippen molar-refractivity contribution in [2.45, 2.75) is 31.1 Å². The van der Waals surface area contributed by atoms with Crippen LogP contribution in [-0.2, 0) is 10.0 Å². The van der Waals surface area contributed by atoms with Crippen LogP contribution in [0.15, 0.2) is 35.2 Å². The van der Waals surface area contributed by atoms with Crippen LogP contribution < -0.4 is 14.5 Å². The van der Waals surface area contributed by atoms with Gasteiger partial charge in [0.05, 0.1) is 7.11 Å². The first-order valence-electron chi connectivity index (χ1n) is 10.5. The third-order valence-corrected chi connectivity index (χ3v) is 7.66. The summed E-state index contributed by atoms with van der Waals surface area (Å²) in [6.07, 6.45) is 3.61. The second-order valence-corrected chi connectivity index (χ2v) is 9.66. The summed E-state index contributed by atoms with van der Waals surface area (Å²) in [4.78, 5) is 14.1. The molecule has 0 spiro atoms. The predicted molar refractivity (Wildman–Crippen MR) is 117 cm³/mol. The number of aryl methyl sites for hydroxylation is 1. The van der Waals surface area contributed by atoms with Gasteiger partial charge in [-0.15, -0.1) is 0 Å². The molecule has 30 heavy (non-hydrogen) atoms. The van der Waals surface area contributed by atoms with Gasteiger partial charge in [0.1, 0.15) is 16.5 Å². The lowest BCUT2D eigenvalue weighted by Gasteiger charge is -2.35. The monoisotopic (exact) mass is 431 g/mol. The summed E-state index contributed by atoms with van der Waals surface area (Å²) in [6, 6.07) is 8.75. The lowest BCUT2D eigenvalue weighted by Crippen LogP contribution is -2.49. The molecule has 0 atom stereocenters. The molecule has 8 nitrogen and oxygen atoms in total. The Morgan fingerprint density at radius 2 is 1.60 bits per heavy atom. The molecule has 0 radical (unpaired) electrons. The Hall–Kier alpha value is -2.39. The van der Waals surface area contributed by atoms with Gasteiger partial charge in [0.2, 0.25) is 16.0 Å². The summed E-state index contributed by atoms with van der Waals surface area (Å²) in [5, 5.41) is 0. The van der Waals surface area contributed by atoms with Crippen LogP contribution >= 0.6 is 0 Å². The fourth-order valence-electron chi connectivity index (χ4n) is 4.06.